The van der Waals surface area contributed by atoms with E-state index in [-0.39, 0.29) is 18.4 Å². The van der Waals surface area contributed by atoms with Crippen molar-refractivity contribution >= 4 is 10.0 Å². The van der Waals surface area contributed by atoms with Gasteiger partial charge in [-0.25, -0.2) is 13.1 Å². The van der Waals surface area contributed by atoms with Gasteiger partial charge in [0.05, 0.1) is 30.3 Å². The first-order valence-electron chi connectivity index (χ1n) is 8.12. The monoisotopic (exact) mass is 350 g/mol. The Bertz CT molecular complexity index is 774. The summed E-state index contributed by atoms with van der Waals surface area (Å²) in [5.41, 5.74) is 2.85. The van der Waals surface area contributed by atoms with Gasteiger partial charge in [-0.1, -0.05) is 13.0 Å². The first-order chi connectivity index (χ1) is 11.6. The number of fused-ring (bicyclic) bond motifs is 1. The summed E-state index contributed by atoms with van der Waals surface area (Å²) in [7, 11) is -3.25. The van der Waals surface area contributed by atoms with Crippen LogP contribution in [0.15, 0.2) is 30.6 Å². The van der Waals surface area contributed by atoms with Crippen molar-refractivity contribution in [2.75, 3.05) is 18.9 Å². The maximum absolute atomic E-state index is 11.8. The van der Waals surface area contributed by atoms with Gasteiger partial charge in [-0.3, -0.25) is 9.67 Å². The first-order valence-corrected chi connectivity index (χ1v) is 9.77. The van der Waals surface area contributed by atoms with Gasteiger partial charge in [-0.15, -0.1) is 0 Å². The molecule has 0 fully saturated rings. The molecule has 0 saturated carbocycles. The van der Waals surface area contributed by atoms with Gasteiger partial charge in [-0.2, -0.15) is 5.10 Å². The normalized spacial score (nSPS) is 17.6. The lowest BCUT2D eigenvalue weighted by atomic mass is 10.1. The van der Waals surface area contributed by atoms with Crippen molar-refractivity contribution in [1.82, 2.24) is 19.5 Å². The summed E-state index contributed by atoms with van der Waals surface area (Å²) in [6.07, 6.45) is 4.79. The topological polar surface area (TPSA) is 86.1 Å². The third-order valence-corrected chi connectivity index (χ3v) is 5.43. The second kappa shape index (κ2) is 7.42. The van der Waals surface area contributed by atoms with E-state index in [0.717, 1.165) is 23.4 Å². The molecular formula is C16H22N4O3S. The average Bonchev–Trinajstić information content (AvgIpc) is 2.96. The molecule has 3 rings (SSSR count). The van der Waals surface area contributed by atoms with Gasteiger partial charge in [-0.05, 0) is 30.5 Å². The summed E-state index contributed by atoms with van der Waals surface area (Å²) in [5.74, 6) is 0.126. The Balaban J connectivity index is 1.71. The quantitative estimate of drug-likeness (QED) is 0.813. The van der Waals surface area contributed by atoms with Crippen molar-refractivity contribution in [1.29, 1.82) is 0 Å². The van der Waals surface area contributed by atoms with Crippen LogP contribution in [0.1, 0.15) is 36.4 Å². The van der Waals surface area contributed by atoms with Crippen LogP contribution < -0.4 is 4.72 Å². The fraction of sp³-hybridized carbons (Fsp3) is 0.500. The Hall–Kier alpha value is -1.77. The minimum Gasteiger partial charge on any atom is -0.370 e. The molecule has 8 heteroatoms. The molecule has 2 aromatic rings. The van der Waals surface area contributed by atoms with Crippen LogP contribution in [0.4, 0.5) is 0 Å². The molecule has 130 valence electrons. The number of aromatic nitrogens is 3. The van der Waals surface area contributed by atoms with Crippen LogP contribution in [0.2, 0.25) is 0 Å². The van der Waals surface area contributed by atoms with Gasteiger partial charge >= 0.3 is 0 Å². The summed E-state index contributed by atoms with van der Waals surface area (Å²) < 4.78 is 33.8. The maximum Gasteiger partial charge on any atom is 0.211 e. The molecule has 0 bridgehead atoms. The van der Waals surface area contributed by atoms with Gasteiger partial charge in [0.15, 0.2) is 0 Å². The van der Waals surface area contributed by atoms with E-state index in [2.05, 4.69) is 14.8 Å². The number of hydrogen-bond acceptors (Lipinski definition) is 5. The van der Waals surface area contributed by atoms with Crippen molar-refractivity contribution < 1.29 is 13.2 Å². The minimum atomic E-state index is -3.25. The van der Waals surface area contributed by atoms with E-state index in [1.807, 2.05) is 36.0 Å². The number of ether oxygens (including phenoxy) is 1. The minimum absolute atomic E-state index is 0.126. The van der Waals surface area contributed by atoms with E-state index in [1.165, 1.54) is 0 Å². The van der Waals surface area contributed by atoms with Crippen molar-refractivity contribution in [3.63, 3.8) is 0 Å². The largest absolute Gasteiger partial charge is 0.370 e. The van der Waals surface area contributed by atoms with Crippen LogP contribution in [0, 0.1) is 0 Å². The summed E-state index contributed by atoms with van der Waals surface area (Å²) in [6, 6.07) is 5.78. The molecule has 3 heterocycles. The fourth-order valence-corrected chi connectivity index (χ4v) is 3.86. The SMILES string of the molecule is CCCS(=O)(=O)NCC1OCCc2cn(Cc3ccccn3)nc21. The van der Waals surface area contributed by atoms with Crippen LogP contribution >= 0.6 is 0 Å². The van der Waals surface area contributed by atoms with Crippen LogP contribution in [0.5, 0.6) is 0 Å². The molecule has 1 atom stereocenters. The molecule has 1 unspecified atom stereocenters. The molecule has 24 heavy (non-hydrogen) atoms. The molecule has 0 aliphatic carbocycles. The molecule has 0 saturated heterocycles. The van der Waals surface area contributed by atoms with E-state index in [1.54, 1.807) is 6.20 Å². The molecule has 1 aliphatic heterocycles. The molecular weight excluding hydrogens is 328 g/mol. The van der Waals surface area contributed by atoms with E-state index in [9.17, 15) is 8.42 Å². The van der Waals surface area contributed by atoms with E-state index >= 15 is 0 Å². The van der Waals surface area contributed by atoms with Crippen LogP contribution in [-0.2, 0) is 27.7 Å². The smallest absolute Gasteiger partial charge is 0.211 e. The van der Waals surface area contributed by atoms with Crippen molar-refractivity contribution in [3.8, 4) is 0 Å². The van der Waals surface area contributed by atoms with Crippen molar-refractivity contribution in [2.45, 2.75) is 32.4 Å². The zero-order valence-electron chi connectivity index (χ0n) is 13.7. The Kier molecular flexibility index (Phi) is 5.27. The standard InChI is InChI=1S/C16H22N4O3S/c1-2-9-24(21,22)18-10-15-16-13(6-8-23-15)11-20(19-16)12-14-5-3-4-7-17-14/h3-5,7,11,15,18H,2,6,8-10,12H2,1H3. The zero-order chi connectivity index (χ0) is 17.0. The van der Waals surface area contributed by atoms with E-state index in [4.69, 9.17) is 4.74 Å². The highest BCUT2D eigenvalue weighted by Crippen LogP contribution is 2.25. The highest BCUT2D eigenvalue weighted by molar-refractivity contribution is 7.89. The molecule has 0 spiro atoms. The molecule has 7 nitrogen and oxygen atoms in total. The second-order valence-corrected chi connectivity index (χ2v) is 7.76. The summed E-state index contributed by atoms with van der Waals surface area (Å²) in [4.78, 5) is 4.30. The number of hydrogen-bond donors (Lipinski definition) is 1. The average molecular weight is 350 g/mol. The predicted octanol–water partition coefficient (Wildman–Crippen LogP) is 1.27. The third-order valence-electron chi connectivity index (χ3n) is 3.88. The highest BCUT2D eigenvalue weighted by Gasteiger charge is 2.26. The Labute approximate surface area is 142 Å². The Morgan fingerprint density at radius 2 is 2.29 bits per heavy atom. The summed E-state index contributed by atoms with van der Waals surface area (Å²) in [5, 5.41) is 4.59. The highest BCUT2D eigenvalue weighted by atomic mass is 32.2. The van der Waals surface area contributed by atoms with Gasteiger partial charge < -0.3 is 4.74 Å². The van der Waals surface area contributed by atoms with Crippen molar-refractivity contribution in [2.24, 2.45) is 0 Å². The summed E-state index contributed by atoms with van der Waals surface area (Å²) in [6.45, 7) is 3.22. The predicted molar refractivity (Wildman–Crippen MR) is 90.0 cm³/mol. The molecule has 0 amide bonds. The molecule has 1 aliphatic rings. The maximum atomic E-state index is 11.8. The van der Waals surface area contributed by atoms with Crippen molar-refractivity contribution in [3.05, 3.63) is 47.5 Å². The number of rotatable bonds is 7. The summed E-state index contributed by atoms with van der Waals surface area (Å²) >= 11 is 0. The first kappa shape index (κ1) is 17.1. The third kappa shape index (κ3) is 4.19. The number of pyridine rings is 1. The van der Waals surface area contributed by atoms with Crippen LogP contribution in [0.3, 0.4) is 0 Å². The van der Waals surface area contributed by atoms with Gasteiger partial charge in [0.1, 0.15) is 6.10 Å². The Morgan fingerprint density at radius 1 is 1.42 bits per heavy atom. The fourth-order valence-electron chi connectivity index (χ4n) is 2.77. The van der Waals surface area contributed by atoms with E-state index < -0.39 is 10.0 Å². The van der Waals surface area contributed by atoms with Crippen LogP contribution in [0.25, 0.3) is 0 Å². The molecule has 2 aromatic heterocycles. The lowest BCUT2D eigenvalue weighted by molar-refractivity contribution is 0.0430. The lowest BCUT2D eigenvalue weighted by Gasteiger charge is -2.22. The van der Waals surface area contributed by atoms with Gasteiger partial charge in [0.2, 0.25) is 10.0 Å². The number of sulfonamides is 1. The zero-order valence-corrected chi connectivity index (χ0v) is 14.5. The number of nitrogens with zero attached hydrogens (tertiary/aromatic N) is 3. The van der Waals surface area contributed by atoms with E-state index in [0.29, 0.717) is 19.6 Å². The lowest BCUT2D eigenvalue weighted by Crippen LogP contribution is -2.33. The number of nitrogens with one attached hydrogen (secondary N) is 1. The molecule has 1 N–H and O–H groups in total. The van der Waals surface area contributed by atoms with Crippen LogP contribution in [-0.4, -0.2) is 42.1 Å². The van der Waals surface area contributed by atoms with Gasteiger partial charge in [0, 0.05) is 18.9 Å². The second-order valence-electron chi connectivity index (χ2n) is 5.83. The molecule has 0 aromatic carbocycles. The Morgan fingerprint density at radius 3 is 3.04 bits per heavy atom. The molecule has 0 radical (unpaired) electrons. The van der Waals surface area contributed by atoms with Gasteiger partial charge in [0.25, 0.3) is 0 Å².